The van der Waals surface area contributed by atoms with Crippen molar-refractivity contribution in [3.8, 4) is 113 Å². The number of para-hydroxylation sites is 11. The number of fused-ring (bicyclic) bond motifs is 18. The molecular formula is C127H83N11. The van der Waals surface area contributed by atoms with Crippen LogP contribution in [0.5, 0.6) is 0 Å². The van der Waals surface area contributed by atoms with Crippen LogP contribution in [0.3, 0.4) is 0 Å². The van der Waals surface area contributed by atoms with Crippen LogP contribution in [0.25, 0.3) is 244 Å². The van der Waals surface area contributed by atoms with E-state index in [4.69, 9.17) is 24.9 Å². The lowest BCUT2D eigenvalue weighted by atomic mass is 10.00. The van der Waals surface area contributed by atoms with Gasteiger partial charge in [0.15, 0.2) is 5.82 Å². The summed E-state index contributed by atoms with van der Waals surface area (Å²) in [5, 5.41) is 15.0. The average Bonchev–Trinajstić information content (AvgIpc) is 1.73. The molecule has 0 fully saturated rings. The molecule has 138 heavy (non-hydrogen) atoms. The summed E-state index contributed by atoms with van der Waals surface area (Å²) in [5.74, 6) is 0.688. The van der Waals surface area contributed by atoms with Crippen molar-refractivity contribution in [3.63, 3.8) is 0 Å². The lowest BCUT2D eigenvalue weighted by Crippen LogP contribution is -1.98. The first kappa shape index (κ1) is 80.2. The number of aromatic nitrogens is 11. The molecule has 28 rings (SSSR count). The van der Waals surface area contributed by atoms with Crippen molar-refractivity contribution in [2.75, 3.05) is 0 Å². The minimum Gasteiger partial charge on any atom is -0.309 e. The van der Waals surface area contributed by atoms with Crippen LogP contribution in [0.2, 0.25) is 0 Å². The van der Waals surface area contributed by atoms with E-state index in [0.717, 1.165) is 118 Å². The van der Waals surface area contributed by atoms with Crippen LogP contribution in [-0.2, 0) is 0 Å². The highest BCUT2D eigenvalue weighted by atomic mass is 15.0. The number of pyridine rings is 3. The highest BCUT2D eigenvalue weighted by molar-refractivity contribution is 6.15. The normalized spacial score (nSPS) is 11.6. The van der Waals surface area contributed by atoms with E-state index in [9.17, 15) is 0 Å². The Balaban J connectivity index is 0.000000107. The zero-order valence-corrected chi connectivity index (χ0v) is 74.8. The quantitative estimate of drug-likeness (QED) is 0.115. The lowest BCUT2D eigenvalue weighted by molar-refractivity contribution is 1.08. The summed E-state index contributed by atoms with van der Waals surface area (Å²) in [5.41, 5.74) is 34.2. The fourth-order valence-corrected chi connectivity index (χ4v) is 20.8. The second-order valence-electron chi connectivity index (χ2n) is 35.1. The third kappa shape index (κ3) is 13.9. The number of rotatable bonds is 13. The first-order valence-electron chi connectivity index (χ1n) is 46.7. The molecule has 0 unspecified atom stereocenters. The fourth-order valence-electron chi connectivity index (χ4n) is 20.8. The van der Waals surface area contributed by atoms with Gasteiger partial charge in [0.1, 0.15) is 0 Å². The summed E-state index contributed by atoms with van der Waals surface area (Å²) in [7, 11) is 0. The molecule has 0 spiro atoms. The van der Waals surface area contributed by atoms with Gasteiger partial charge in [-0.05, 0) is 181 Å². The van der Waals surface area contributed by atoms with E-state index in [2.05, 4.69) is 495 Å². The highest BCUT2D eigenvalue weighted by Gasteiger charge is 2.22. The van der Waals surface area contributed by atoms with Gasteiger partial charge in [0.05, 0.1) is 119 Å². The van der Waals surface area contributed by atoms with Gasteiger partial charge in [0.25, 0.3) is 0 Å². The van der Waals surface area contributed by atoms with E-state index in [1.165, 1.54) is 120 Å². The van der Waals surface area contributed by atoms with Gasteiger partial charge in [-0.15, -0.1) is 0 Å². The summed E-state index contributed by atoms with van der Waals surface area (Å²) in [6.07, 6.45) is 5.76. The van der Waals surface area contributed by atoms with Gasteiger partial charge in [-0.2, -0.15) is 0 Å². The zero-order valence-electron chi connectivity index (χ0n) is 74.8. The number of hydrogen-bond acceptors (Lipinski definition) is 5. The third-order valence-electron chi connectivity index (χ3n) is 27.2. The lowest BCUT2D eigenvalue weighted by Gasteiger charge is -2.13. The van der Waals surface area contributed by atoms with Crippen LogP contribution in [0.15, 0.2) is 504 Å². The zero-order chi connectivity index (χ0) is 91.1. The Bertz CT molecular complexity index is 8930. The number of benzene rings is 18. The Labute approximate surface area is 794 Å². The van der Waals surface area contributed by atoms with E-state index in [-0.39, 0.29) is 0 Å². The molecule has 10 heterocycles. The fraction of sp³-hybridized carbons (Fsp3) is 0. The van der Waals surface area contributed by atoms with E-state index in [0.29, 0.717) is 5.82 Å². The molecule has 0 N–H and O–H groups in total. The smallest absolute Gasteiger partial charge is 0.159 e. The van der Waals surface area contributed by atoms with E-state index in [1.54, 1.807) is 0 Å². The second kappa shape index (κ2) is 33.8. The van der Waals surface area contributed by atoms with Crippen molar-refractivity contribution >= 4 is 131 Å². The molecule has 28 aromatic rings. The topological polar surface area (TPSA) is 94.0 Å². The van der Waals surface area contributed by atoms with Crippen LogP contribution >= 0.6 is 0 Å². The van der Waals surface area contributed by atoms with Gasteiger partial charge in [0, 0.05) is 126 Å². The monoisotopic (exact) mass is 1760 g/mol. The summed E-state index contributed by atoms with van der Waals surface area (Å²) in [6.45, 7) is 0. The van der Waals surface area contributed by atoms with Gasteiger partial charge in [-0.3, -0.25) is 4.98 Å². The van der Waals surface area contributed by atoms with Crippen molar-refractivity contribution in [1.82, 2.24) is 52.3 Å². The molecular weight excluding hydrogens is 1680 g/mol. The minimum absolute atomic E-state index is 0.688. The van der Waals surface area contributed by atoms with Gasteiger partial charge >= 0.3 is 0 Å². The van der Waals surface area contributed by atoms with E-state index in [1.807, 2.05) is 36.8 Å². The van der Waals surface area contributed by atoms with Crippen LogP contribution in [-0.4, -0.2) is 52.3 Å². The predicted molar refractivity (Wildman–Crippen MR) is 572 cm³/mol. The molecule has 11 nitrogen and oxygen atoms in total. The maximum atomic E-state index is 5.27. The molecule has 646 valence electrons. The third-order valence-corrected chi connectivity index (χ3v) is 27.2. The molecule has 18 aromatic carbocycles. The minimum atomic E-state index is 0.688. The van der Waals surface area contributed by atoms with E-state index >= 15 is 0 Å². The predicted octanol–water partition coefficient (Wildman–Crippen LogP) is 32.3. The summed E-state index contributed by atoms with van der Waals surface area (Å²) in [4.78, 5) is 24.8. The van der Waals surface area contributed by atoms with Crippen molar-refractivity contribution in [2.45, 2.75) is 0 Å². The van der Waals surface area contributed by atoms with Gasteiger partial charge in [0.2, 0.25) is 0 Å². The average molecular weight is 1760 g/mol. The molecule has 0 amide bonds. The molecule has 0 saturated carbocycles. The molecule has 0 bridgehead atoms. The number of hydrogen-bond donors (Lipinski definition) is 0. The van der Waals surface area contributed by atoms with Crippen molar-refractivity contribution < 1.29 is 0 Å². The van der Waals surface area contributed by atoms with Crippen LogP contribution in [0, 0.1) is 0 Å². The van der Waals surface area contributed by atoms with Crippen LogP contribution in [0.1, 0.15) is 0 Å². The summed E-state index contributed by atoms with van der Waals surface area (Å²) in [6, 6.07) is 172. The van der Waals surface area contributed by atoms with Crippen molar-refractivity contribution in [2.24, 2.45) is 0 Å². The van der Waals surface area contributed by atoms with Gasteiger partial charge < -0.3 is 27.4 Å². The Kier molecular flexibility index (Phi) is 19.7. The van der Waals surface area contributed by atoms with Gasteiger partial charge in [-0.1, -0.05) is 315 Å². The summed E-state index contributed by atoms with van der Waals surface area (Å²) < 4.78 is 13.9. The Morgan fingerprint density at radius 2 is 0.348 bits per heavy atom. The van der Waals surface area contributed by atoms with Gasteiger partial charge in [-0.25, -0.2) is 19.9 Å². The molecule has 0 aliphatic heterocycles. The SMILES string of the molecule is c1cc(-c2ccc(-n3c4ccccc4c4ccccc43)cc2)nc(-c2ccc(-n3c4ccccc4c4ccccc43)cc2)c1.c1ccc(-c2cc(-c3ccc(-n4c5ccccc5c5ccccc54)cc3)nc(-c3ccc(-n4c5ccccc5c5ccccc54)cc3)c2)cc1.c1ccc(-c2cc3c4ccccc4n(-c4cnc(-c5ccc(-n6c7ccccc7c7ccccc76)cc5)nc4)c3cn2)cc1. The Hall–Kier alpha value is -18.7. The molecule has 0 saturated heterocycles. The van der Waals surface area contributed by atoms with Crippen molar-refractivity contribution in [1.29, 1.82) is 0 Å². The first-order chi connectivity index (χ1) is 68.5. The highest BCUT2D eigenvalue weighted by Crippen LogP contribution is 2.43. The largest absolute Gasteiger partial charge is 0.309 e. The standard InChI is InChI=1S/C47H31N3.C41H27N3.C39H25N5/c1-2-12-32(13-3-1)35-30-42(33-22-26-36(27-23-33)49-44-18-8-4-14-38(44)39-15-5-9-19-45(39)49)48-43(31-35)34-24-28-37(29-25-34)50-46-20-10-6-16-40(46)41-17-7-11-21-47(41)50;1-5-16-38-32(10-1)33-11-2-6-17-39(33)43(38)30-24-20-28(21-25-30)36-14-9-15-37(42-36)29-22-26-31(27-23-29)44-40-18-7-3-12-34(40)35-13-4-8-19-41(35)44;1-2-10-26(11-3-1)34-22-33-32-14-6-9-17-37(32)44(38(33)25-40-34)29-23-41-39(42-24-29)27-18-20-28(21-19-27)43-35-15-7-4-12-30(35)31-13-5-8-16-36(31)43/h1-31H;1-27H;1-25H. The Morgan fingerprint density at radius 1 is 0.123 bits per heavy atom. The number of nitrogens with zero attached hydrogens (tertiary/aromatic N) is 11. The first-order valence-corrected chi connectivity index (χ1v) is 46.7. The second-order valence-corrected chi connectivity index (χ2v) is 35.1. The van der Waals surface area contributed by atoms with Crippen LogP contribution in [0.4, 0.5) is 0 Å². The van der Waals surface area contributed by atoms with Crippen LogP contribution < -0.4 is 0 Å². The molecule has 0 radical (unpaired) electrons. The molecule has 0 aliphatic carbocycles. The molecule has 0 atom stereocenters. The molecule has 10 aromatic heterocycles. The van der Waals surface area contributed by atoms with Crippen molar-refractivity contribution in [3.05, 3.63) is 504 Å². The van der Waals surface area contributed by atoms with E-state index < -0.39 is 0 Å². The maximum Gasteiger partial charge on any atom is 0.159 e. The Morgan fingerprint density at radius 3 is 0.638 bits per heavy atom. The molecule has 0 aliphatic rings. The summed E-state index contributed by atoms with van der Waals surface area (Å²) >= 11 is 0. The molecule has 11 heteroatoms. The maximum absolute atomic E-state index is 5.27.